The number of pyridine rings is 1. The van der Waals surface area contributed by atoms with Crippen LogP contribution >= 0.6 is 0 Å². The summed E-state index contributed by atoms with van der Waals surface area (Å²) in [4.78, 5) is 2.48. The maximum Gasteiger partial charge on any atom is 0.214 e. The van der Waals surface area contributed by atoms with Crippen LogP contribution in [0.25, 0.3) is 10.9 Å². The summed E-state index contributed by atoms with van der Waals surface area (Å²) in [5.74, 6) is 0. The quantitative estimate of drug-likeness (QED) is 0.380. The monoisotopic (exact) mass is 413 g/mol. The fourth-order valence-corrected chi connectivity index (χ4v) is 2.82. The smallest absolute Gasteiger partial charge is 0.214 e. The highest BCUT2D eigenvalue weighted by Gasteiger charge is 2.09. The first-order chi connectivity index (χ1) is 10.3. The van der Waals surface area contributed by atoms with E-state index < -0.39 is 0 Å². The van der Waals surface area contributed by atoms with E-state index in [9.17, 15) is 0 Å². The fourth-order valence-electron chi connectivity index (χ4n) is 2.82. The molecule has 1 aromatic heterocycles. The highest BCUT2D eigenvalue weighted by molar-refractivity contribution is 5.79. The molecule has 1 aliphatic rings. The van der Waals surface area contributed by atoms with Gasteiger partial charge in [-0.2, -0.15) is 0 Å². The number of benzene rings is 1. The van der Waals surface area contributed by atoms with E-state index in [-0.39, 0.29) is 24.0 Å². The number of hydrogen-bond acceptors (Lipinski definition) is 3. The Hall–Kier alpha value is -0.920. The normalized spacial score (nSPS) is 15.5. The molecular formula is C17H24IN3O. The highest BCUT2D eigenvalue weighted by Crippen LogP contribution is 2.15. The van der Waals surface area contributed by atoms with E-state index in [0.29, 0.717) is 0 Å². The minimum absolute atomic E-state index is 0. The average molecular weight is 413 g/mol. The molecule has 0 amide bonds. The van der Waals surface area contributed by atoms with Crippen molar-refractivity contribution in [3.8, 4) is 0 Å². The molecule has 0 bridgehead atoms. The summed E-state index contributed by atoms with van der Waals surface area (Å²) in [5.41, 5.74) is 2.46. The van der Waals surface area contributed by atoms with Crippen LogP contribution in [0.15, 0.2) is 36.5 Å². The van der Waals surface area contributed by atoms with E-state index >= 15 is 0 Å². The lowest BCUT2D eigenvalue weighted by molar-refractivity contribution is -0.644. The largest absolute Gasteiger partial charge is 1.00 e. The first-order valence-corrected chi connectivity index (χ1v) is 7.75. The Morgan fingerprint density at radius 2 is 2.05 bits per heavy atom. The molecule has 0 atom stereocenters. The van der Waals surface area contributed by atoms with Gasteiger partial charge in [-0.3, -0.25) is 4.90 Å². The maximum atomic E-state index is 5.37. The zero-order valence-corrected chi connectivity index (χ0v) is 15.3. The zero-order chi connectivity index (χ0) is 14.5. The molecule has 1 aromatic carbocycles. The number of anilines is 1. The number of morpholine rings is 1. The van der Waals surface area contributed by atoms with Crippen molar-refractivity contribution in [2.24, 2.45) is 7.05 Å². The Balaban J connectivity index is 0.00000176. The number of nitrogens with one attached hydrogen (secondary N) is 1. The molecule has 0 aliphatic carbocycles. The third kappa shape index (κ3) is 4.54. The summed E-state index contributed by atoms with van der Waals surface area (Å²) in [6.07, 6.45) is 3.25. The van der Waals surface area contributed by atoms with Crippen LogP contribution in [0.5, 0.6) is 0 Å². The molecule has 1 N–H and O–H groups in total. The van der Waals surface area contributed by atoms with Crippen molar-refractivity contribution < 1.29 is 33.3 Å². The van der Waals surface area contributed by atoms with Crippen molar-refractivity contribution in [3.05, 3.63) is 36.5 Å². The number of fused-ring (bicyclic) bond motifs is 1. The molecule has 0 saturated carbocycles. The lowest BCUT2D eigenvalue weighted by Crippen LogP contribution is -3.00. The van der Waals surface area contributed by atoms with Crippen LogP contribution in [0, 0.1) is 0 Å². The topological polar surface area (TPSA) is 28.4 Å². The van der Waals surface area contributed by atoms with Gasteiger partial charge in [-0.05, 0) is 31.2 Å². The molecule has 1 saturated heterocycles. The summed E-state index contributed by atoms with van der Waals surface area (Å²) in [5, 5.41) is 4.81. The van der Waals surface area contributed by atoms with Gasteiger partial charge in [-0.25, -0.2) is 4.57 Å². The molecule has 5 heteroatoms. The summed E-state index contributed by atoms with van der Waals surface area (Å²) >= 11 is 0. The second kappa shape index (κ2) is 8.64. The number of aryl methyl sites for hydroxylation is 1. The van der Waals surface area contributed by atoms with Crippen LogP contribution in [0.2, 0.25) is 0 Å². The van der Waals surface area contributed by atoms with E-state index in [2.05, 4.69) is 58.4 Å². The SMILES string of the molecule is C[n+]1cccc2ccc(NCCCN3CCOCC3)cc21.[I-]. The molecule has 2 heterocycles. The molecule has 120 valence electrons. The van der Waals surface area contributed by atoms with E-state index in [1.807, 2.05) is 0 Å². The number of nitrogens with zero attached hydrogens (tertiary/aromatic N) is 2. The van der Waals surface area contributed by atoms with Crippen molar-refractivity contribution in [2.45, 2.75) is 6.42 Å². The third-order valence-corrected chi connectivity index (χ3v) is 4.08. The molecule has 3 rings (SSSR count). The predicted molar refractivity (Wildman–Crippen MR) is 85.5 cm³/mol. The van der Waals surface area contributed by atoms with Crippen LogP contribution in [0.3, 0.4) is 0 Å². The van der Waals surface area contributed by atoms with Crippen molar-refractivity contribution in [2.75, 3.05) is 44.7 Å². The summed E-state index contributed by atoms with van der Waals surface area (Å²) in [6.45, 7) is 6.08. The van der Waals surface area contributed by atoms with Gasteiger partial charge in [-0.1, -0.05) is 0 Å². The Morgan fingerprint density at radius 1 is 1.23 bits per heavy atom. The van der Waals surface area contributed by atoms with Crippen molar-refractivity contribution in [3.63, 3.8) is 0 Å². The van der Waals surface area contributed by atoms with Gasteiger partial charge in [-0.15, -0.1) is 0 Å². The van der Waals surface area contributed by atoms with E-state index in [1.165, 1.54) is 23.0 Å². The number of halogens is 1. The van der Waals surface area contributed by atoms with Gasteiger partial charge in [0.1, 0.15) is 7.05 Å². The first-order valence-electron chi connectivity index (χ1n) is 7.75. The molecule has 2 aromatic rings. The molecule has 1 fully saturated rings. The van der Waals surface area contributed by atoms with Crippen molar-refractivity contribution in [1.82, 2.24) is 4.90 Å². The third-order valence-electron chi connectivity index (χ3n) is 4.08. The fraction of sp³-hybridized carbons (Fsp3) is 0.471. The van der Waals surface area contributed by atoms with E-state index in [4.69, 9.17) is 4.74 Å². The van der Waals surface area contributed by atoms with Crippen molar-refractivity contribution in [1.29, 1.82) is 0 Å². The summed E-state index contributed by atoms with van der Waals surface area (Å²) in [7, 11) is 2.09. The number of rotatable bonds is 5. The molecular weight excluding hydrogens is 389 g/mol. The van der Waals surface area contributed by atoms with Gasteiger partial charge in [0, 0.05) is 42.8 Å². The number of aromatic nitrogens is 1. The second-order valence-corrected chi connectivity index (χ2v) is 5.63. The van der Waals surface area contributed by atoms with Crippen LogP contribution in [0.1, 0.15) is 6.42 Å². The van der Waals surface area contributed by atoms with Gasteiger partial charge < -0.3 is 34.0 Å². The van der Waals surface area contributed by atoms with Crippen LogP contribution in [0.4, 0.5) is 5.69 Å². The van der Waals surface area contributed by atoms with Gasteiger partial charge in [0.05, 0.1) is 13.2 Å². The molecule has 0 radical (unpaired) electrons. The Morgan fingerprint density at radius 3 is 2.86 bits per heavy atom. The molecule has 1 aliphatic heterocycles. The minimum atomic E-state index is 0. The van der Waals surface area contributed by atoms with E-state index in [1.54, 1.807) is 0 Å². The van der Waals surface area contributed by atoms with Crippen LogP contribution in [-0.2, 0) is 11.8 Å². The molecule has 4 nitrogen and oxygen atoms in total. The summed E-state index contributed by atoms with van der Waals surface area (Å²) < 4.78 is 7.53. The van der Waals surface area contributed by atoms with Crippen LogP contribution in [-0.4, -0.2) is 44.3 Å². The standard InChI is InChI=1S/C17H23N3O.HI/c1-19-8-2-4-15-5-6-16(14-17(15)19)18-7-3-9-20-10-12-21-13-11-20;/h2,4-6,8,14H,3,7,9-13H2,1H3;1H. The Labute approximate surface area is 149 Å². The number of ether oxygens (including phenoxy) is 1. The zero-order valence-electron chi connectivity index (χ0n) is 13.1. The predicted octanol–water partition coefficient (Wildman–Crippen LogP) is -1.20. The van der Waals surface area contributed by atoms with Gasteiger partial charge in [0.25, 0.3) is 0 Å². The first kappa shape index (κ1) is 17.4. The van der Waals surface area contributed by atoms with Gasteiger partial charge >= 0.3 is 0 Å². The molecule has 0 spiro atoms. The van der Waals surface area contributed by atoms with E-state index in [0.717, 1.165) is 39.4 Å². The second-order valence-electron chi connectivity index (χ2n) is 5.63. The minimum Gasteiger partial charge on any atom is -1.00 e. The van der Waals surface area contributed by atoms with Gasteiger partial charge in [0.15, 0.2) is 6.20 Å². The van der Waals surface area contributed by atoms with Gasteiger partial charge in [0.2, 0.25) is 5.52 Å². The molecule has 22 heavy (non-hydrogen) atoms. The number of hydrogen-bond donors (Lipinski definition) is 1. The lowest BCUT2D eigenvalue weighted by atomic mass is 10.2. The Bertz CT molecular complexity index is 599. The summed E-state index contributed by atoms with van der Waals surface area (Å²) in [6, 6.07) is 10.8. The van der Waals surface area contributed by atoms with Crippen LogP contribution < -0.4 is 33.9 Å². The Kier molecular flexibility index (Phi) is 6.85. The maximum absolute atomic E-state index is 5.37. The molecule has 0 unspecified atom stereocenters. The highest BCUT2D eigenvalue weighted by atomic mass is 127. The van der Waals surface area contributed by atoms with Crippen molar-refractivity contribution >= 4 is 16.6 Å². The average Bonchev–Trinajstić information content (AvgIpc) is 2.53. The lowest BCUT2D eigenvalue weighted by Gasteiger charge is -2.26.